The van der Waals surface area contributed by atoms with Gasteiger partial charge in [-0.25, -0.2) is 8.42 Å². The predicted molar refractivity (Wildman–Crippen MR) is 89.7 cm³/mol. The molecule has 0 fully saturated rings. The van der Waals surface area contributed by atoms with Gasteiger partial charge in [0.2, 0.25) is 0 Å². The lowest BCUT2D eigenvalue weighted by Gasteiger charge is -2.19. The van der Waals surface area contributed by atoms with Crippen LogP contribution in [-0.4, -0.2) is 29.2 Å². The fourth-order valence-electron chi connectivity index (χ4n) is 2.40. The van der Waals surface area contributed by atoms with Gasteiger partial charge in [0.05, 0.1) is 19.1 Å². The molecule has 124 valence electrons. The number of methoxy groups -OCH3 is 2. The molecule has 0 aliphatic rings. The molecule has 0 aliphatic carbocycles. The Morgan fingerprint density at radius 1 is 1.04 bits per heavy atom. The third kappa shape index (κ3) is 3.48. The Labute approximate surface area is 137 Å². The first kappa shape index (κ1) is 17.3. The van der Waals surface area contributed by atoms with Gasteiger partial charge in [-0.2, -0.15) is 0 Å². The van der Waals surface area contributed by atoms with Crippen molar-refractivity contribution in [2.75, 3.05) is 20.8 Å². The first-order valence-electron chi connectivity index (χ1n) is 7.16. The maximum Gasteiger partial charge on any atom is 0.186 e. The molecule has 2 aromatic carbocycles. The zero-order valence-electron chi connectivity index (χ0n) is 13.4. The van der Waals surface area contributed by atoms with Gasteiger partial charge in [-0.1, -0.05) is 23.8 Å². The van der Waals surface area contributed by atoms with Crippen molar-refractivity contribution in [3.05, 3.63) is 53.6 Å². The van der Waals surface area contributed by atoms with Gasteiger partial charge in [-0.05, 0) is 25.1 Å². The summed E-state index contributed by atoms with van der Waals surface area (Å²) < 4.78 is 36.3. The van der Waals surface area contributed by atoms with E-state index in [0.717, 1.165) is 5.56 Å². The number of rotatable bonds is 6. The van der Waals surface area contributed by atoms with Crippen molar-refractivity contribution < 1.29 is 17.9 Å². The van der Waals surface area contributed by atoms with E-state index in [1.165, 1.54) is 14.2 Å². The van der Waals surface area contributed by atoms with Crippen LogP contribution in [0, 0.1) is 6.92 Å². The summed E-state index contributed by atoms with van der Waals surface area (Å²) >= 11 is 0. The third-order valence-corrected chi connectivity index (χ3v) is 5.85. The maximum absolute atomic E-state index is 12.9. The molecule has 23 heavy (non-hydrogen) atoms. The SMILES string of the molecule is COc1ccc(C(CN)S(=O)(=O)c2ccc(C)cc2)c(OC)c1. The maximum atomic E-state index is 12.9. The molecule has 0 spiro atoms. The van der Waals surface area contributed by atoms with E-state index in [1.807, 2.05) is 6.92 Å². The zero-order valence-corrected chi connectivity index (χ0v) is 14.3. The second-order valence-corrected chi connectivity index (χ2v) is 7.32. The average Bonchev–Trinajstić information content (AvgIpc) is 2.56. The van der Waals surface area contributed by atoms with Crippen molar-refractivity contribution in [1.82, 2.24) is 0 Å². The van der Waals surface area contributed by atoms with Crippen molar-refractivity contribution in [3.8, 4) is 11.5 Å². The van der Waals surface area contributed by atoms with E-state index < -0.39 is 15.1 Å². The molecular formula is C17H21NO4S. The van der Waals surface area contributed by atoms with E-state index in [-0.39, 0.29) is 11.4 Å². The monoisotopic (exact) mass is 335 g/mol. The summed E-state index contributed by atoms with van der Waals surface area (Å²) in [6, 6.07) is 11.8. The topological polar surface area (TPSA) is 78.6 Å². The van der Waals surface area contributed by atoms with E-state index in [9.17, 15) is 8.42 Å². The number of hydrogen-bond donors (Lipinski definition) is 1. The Morgan fingerprint density at radius 2 is 1.70 bits per heavy atom. The van der Waals surface area contributed by atoms with Crippen molar-refractivity contribution in [2.24, 2.45) is 5.73 Å². The highest BCUT2D eigenvalue weighted by Crippen LogP contribution is 2.36. The molecule has 2 rings (SSSR count). The molecule has 0 saturated carbocycles. The summed E-state index contributed by atoms with van der Waals surface area (Å²) in [5.41, 5.74) is 7.31. The minimum atomic E-state index is -3.62. The Morgan fingerprint density at radius 3 is 2.22 bits per heavy atom. The summed E-state index contributed by atoms with van der Waals surface area (Å²) in [5.74, 6) is 1.03. The van der Waals surface area contributed by atoms with Crippen molar-refractivity contribution in [3.63, 3.8) is 0 Å². The highest BCUT2D eigenvalue weighted by atomic mass is 32.2. The Hall–Kier alpha value is -2.05. The Balaban J connectivity index is 2.52. The van der Waals surface area contributed by atoms with Crippen LogP contribution >= 0.6 is 0 Å². The molecule has 0 aromatic heterocycles. The smallest absolute Gasteiger partial charge is 0.186 e. The minimum absolute atomic E-state index is 0.0428. The van der Waals surface area contributed by atoms with Gasteiger partial charge < -0.3 is 15.2 Å². The summed E-state index contributed by atoms with van der Waals surface area (Å²) in [6.45, 7) is 1.86. The number of sulfone groups is 1. The molecule has 1 unspecified atom stereocenters. The van der Waals surface area contributed by atoms with Crippen molar-refractivity contribution in [2.45, 2.75) is 17.1 Å². The second-order valence-electron chi connectivity index (χ2n) is 5.19. The zero-order chi connectivity index (χ0) is 17.0. The third-order valence-electron chi connectivity index (χ3n) is 3.73. The van der Waals surface area contributed by atoms with E-state index in [4.69, 9.17) is 15.2 Å². The van der Waals surface area contributed by atoms with Crippen LogP contribution in [0.15, 0.2) is 47.4 Å². The number of benzene rings is 2. The number of hydrogen-bond acceptors (Lipinski definition) is 5. The van der Waals surface area contributed by atoms with E-state index >= 15 is 0 Å². The molecule has 0 aliphatic heterocycles. The van der Waals surface area contributed by atoms with Crippen LogP contribution in [0.3, 0.4) is 0 Å². The van der Waals surface area contributed by atoms with Gasteiger partial charge in [0.25, 0.3) is 0 Å². The van der Waals surface area contributed by atoms with E-state index in [2.05, 4.69) is 0 Å². The van der Waals surface area contributed by atoms with Gasteiger partial charge >= 0.3 is 0 Å². The van der Waals surface area contributed by atoms with Gasteiger partial charge in [0.1, 0.15) is 16.7 Å². The fraction of sp³-hybridized carbons (Fsp3) is 0.294. The van der Waals surface area contributed by atoms with Gasteiger partial charge in [-0.15, -0.1) is 0 Å². The minimum Gasteiger partial charge on any atom is -0.497 e. The van der Waals surface area contributed by atoms with Gasteiger partial charge in [-0.3, -0.25) is 0 Å². The lowest BCUT2D eigenvalue weighted by atomic mass is 10.1. The largest absolute Gasteiger partial charge is 0.497 e. The van der Waals surface area contributed by atoms with Crippen molar-refractivity contribution in [1.29, 1.82) is 0 Å². The summed E-state index contributed by atoms with van der Waals surface area (Å²) in [5, 5.41) is -0.883. The van der Waals surface area contributed by atoms with Crippen LogP contribution in [0.2, 0.25) is 0 Å². The molecule has 0 saturated heterocycles. The van der Waals surface area contributed by atoms with E-state index in [1.54, 1.807) is 42.5 Å². The first-order valence-corrected chi connectivity index (χ1v) is 8.71. The lowest BCUT2D eigenvalue weighted by molar-refractivity contribution is 0.390. The van der Waals surface area contributed by atoms with Gasteiger partial charge in [0.15, 0.2) is 9.84 Å². The number of ether oxygens (including phenoxy) is 2. The molecule has 5 nitrogen and oxygen atoms in total. The lowest BCUT2D eigenvalue weighted by Crippen LogP contribution is -2.23. The molecule has 2 aromatic rings. The van der Waals surface area contributed by atoms with Crippen LogP contribution in [-0.2, 0) is 9.84 Å². The molecule has 6 heteroatoms. The van der Waals surface area contributed by atoms with E-state index in [0.29, 0.717) is 17.1 Å². The first-order chi connectivity index (χ1) is 10.9. The average molecular weight is 335 g/mol. The molecule has 0 bridgehead atoms. The van der Waals surface area contributed by atoms with Crippen LogP contribution < -0.4 is 15.2 Å². The molecular weight excluding hydrogens is 314 g/mol. The normalized spacial score (nSPS) is 12.7. The molecule has 0 amide bonds. The molecule has 2 N–H and O–H groups in total. The Bertz CT molecular complexity index is 770. The highest BCUT2D eigenvalue weighted by molar-refractivity contribution is 7.91. The van der Waals surface area contributed by atoms with Crippen LogP contribution in [0.4, 0.5) is 0 Å². The highest BCUT2D eigenvalue weighted by Gasteiger charge is 2.30. The van der Waals surface area contributed by atoms with Crippen molar-refractivity contribution >= 4 is 9.84 Å². The predicted octanol–water partition coefficient (Wildman–Crippen LogP) is 2.49. The molecule has 1 atom stereocenters. The summed E-state index contributed by atoms with van der Waals surface area (Å²) in [4.78, 5) is 0.247. The fourth-order valence-corrected chi connectivity index (χ4v) is 4.02. The number of nitrogens with two attached hydrogens (primary N) is 1. The molecule has 0 radical (unpaired) electrons. The van der Waals surface area contributed by atoms with Gasteiger partial charge in [0, 0.05) is 18.2 Å². The number of aryl methyl sites for hydroxylation is 1. The summed E-state index contributed by atoms with van der Waals surface area (Å²) in [6.07, 6.45) is 0. The van der Waals surface area contributed by atoms with Crippen LogP contribution in [0.1, 0.15) is 16.4 Å². The molecule has 0 heterocycles. The standard InChI is InChI=1S/C17H21NO4S/c1-12-4-7-14(8-5-12)23(19,20)17(11-18)15-9-6-13(21-2)10-16(15)22-3/h4-10,17H,11,18H2,1-3H3. The summed E-state index contributed by atoms with van der Waals surface area (Å²) in [7, 11) is -0.589. The second kappa shape index (κ2) is 7.02. The van der Waals surface area contributed by atoms with Crippen LogP contribution in [0.25, 0.3) is 0 Å². The Kier molecular flexibility index (Phi) is 5.28. The van der Waals surface area contributed by atoms with Crippen LogP contribution in [0.5, 0.6) is 11.5 Å². The quantitative estimate of drug-likeness (QED) is 0.877.